The fraction of sp³-hybridized carbons (Fsp3) is 0.0625. The largest absolute Gasteiger partial charge is 0.508 e. The molecule has 114 valence electrons. The molecule has 0 amide bonds. The summed E-state index contributed by atoms with van der Waals surface area (Å²) in [5.74, 6) is -0.812. The molecule has 0 atom stereocenters. The average Bonchev–Trinajstić information content (AvgIpc) is 2.47. The summed E-state index contributed by atoms with van der Waals surface area (Å²) < 4.78 is 22.7. The standard InChI is InChI=1S/C16H14O5S/c1-22(20,21)13-6-2-11(3-7-13)4-8-15(18)14-10-12(17)5-9-16(14)19/h2-10,17,19H,1H3. The number of aromatic hydroxyl groups is 2. The predicted molar refractivity (Wildman–Crippen MR) is 82.7 cm³/mol. The Bertz CT molecular complexity index is 833. The molecule has 0 heterocycles. The molecule has 0 aliphatic heterocycles. The third-order valence-electron chi connectivity index (χ3n) is 2.98. The molecule has 2 aromatic carbocycles. The topological polar surface area (TPSA) is 91.7 Å². The highest BCUT2D eigenvalue weighted by Gasteiger charge is 2.09. The Kier molecular flexibility index (Phi) is 4.32. The van der Waals surface area contributed by atoms with Gasteiger partial charge in [0.15, 0.2) is 15.6 Å². The lowest BCUT2D eigenvalue weighted by molar-refractivity contribution is 0.104. The lowest BCUT2D eigenvalue weighted by Crippen LogP contribution is -1.96. The van der Waals surface area contributed by atoms with E-state index in [-0.39, 0.29) is 22.0 Å². The molecule has 22 heavy (non-hydrogen) atoms. The molecule has 0 aliphatic carbocycles. The number of rotatable bonds is 4. The van der Waals surface area contributed by atoms with Crippen molar-refractivity contribution in [2.45, 2.75) is 4.90 Å². The summed E-state index contributed by atoms with van der Waals surface area (Å²) >= 11 is 0. The second-order valence-electron chi connectivity index (χ2n) is 4.74. The van der Waals surface area contributed by atoms with Gasteiger partial charge in [-0.1, -0.05) is 18.2 Å². The number of carbonyl (C=O) groups is 1. The van der Waals surface area contributed by atoms with Crippen LogP contribution in [0, 0.1) is 0 Å². The number of benzene rings is 2. The molecule has 0 aliphatic rings. The molecule has 0 saturated carbocycles. The molecule has 0 bridgehead atoms. The summed E-state index contributed by atoms with van der Waals surface area (Å²) in [6, 6.07) is 9.73. The summed E-state index contributed by atoms with van der Waals surface area (Å²) in [6.07, 6.45) is 3.86. The zero-order chi connectivity index (χ0) is 16.3. The number of carbonyl (C=O) groups excluding carboxylic acids is 1. The van der Waals surface area contributed by atoms with Gasteiger partial charge in [0.05, 0.1) is 10.5 Å². The van der Waals surface area contributed by atoms with Gasteiger partial charge in [-0.15, -0.1) is 0 Å². The Labute approximate surface area is 128 Å². The van der Waals surface area contributed by atoms with Crippen molar-refractivity contribution in [2.24, 2.45) is 0 Å². The number of allylic oxidation sites excluding steroid dienone is 1. The number of hydrogen-bond donors (Lipinski definition) is 2. The van der Waals surface area contributed by atoms with E-state index in [2.05, 4.69) is 0 Å². The molecular weight excluding hydrogens is 304 g/mol. The average molecular weight is 318 g/mol. The van der Waals surface area contributed by atoms with Crippen molar-refractivity contribution in [3.63, 3.8) is 0 Å². The van der Waals surface area contributed by atoms with E-state index in [4.69, 9.17) is 0 Å². The van der Waals surface area contributed by atoms with Crippen molar-refractivity contribution >= 4 is 21.7 Å². The molecule has 0 radical (unpaired) electrons. The number of hydrogen-bond acceptors (Lipinski definition) is 5. The second-order valence-corrected chi connectivity index (χ2v) is 6.76. The van der Waals surface area contributed by atoms with Crippen LogP contribution in [-0.4, -0.2) is 30.7 Å². The molecule has 0 fully saturated rings. The van der Waals surface area contributed by atoms with Crippen molar-refractivity contribution in [3.05, 3.63) is 59.7 Å². The second kappa shape index (κ2) is 6.03. The summed E-state index contributed by atoms with van der Waals surface area (Å²) in [5.41, 5.74) is 0.629. The van der Waals surface area contributed by atoms with Crippen LogP contribution in [-0.2, 0) is 9.84 Å². The molecule has 2 N–H and O–H groups in total. The minimum absolute atomic E-state index is 0.0102. The smallest absolute Gasteiger partial charge is 0.189 e. The Morgan fingerprint density at radius 3 is 2.27 bits per heavy atom. The highest BCUT2D eigenvalue weighted by Crippen LogP contribution is 2.23. The molecule has 6 heteroatoms. The summed E-state index contributed by atoms with van der Waals surface area (Å²) in [5, 5.41) is 18.9. The van der Waals surface area contributed by atoms with Gasteiger partial charge in [0.2, 0.25) is 0 Å². The highest BCUT2D eigenvalue weighted by molar-refractivity contribution is 7.90. The van der Waals surface area contributed by atoms with E-state index in [9.17, 15) is 23.4 Å². The zero-order valence-electron chi connectivity index (χ0n) is 11.7. The first kappa shape index (κ1) is 15.8. The predicted octanol–water partition coefficient (Wildman–Crippen LogP) is 2.40. The monoisotopic (exact) mass is 318 g/mol. The van der Waals surface area contributed by atoms with E-state index in [0.717, 1.165) is 6.26 Å². The third-order valence-corrected chi connectivity index (χ3v) is 4.11. The molecule has 5 nitrogen and oxygen atoms in total. The molecule has 0 spiro atoms. The molecule has 2 rings (SSSR count). The molecular formula is C16H14O5S. The summed E-state index contributed by atoms with van der Waals surface area (Å²) in [7, 11) is -3.26. The van der Waals surface area contributed by atoms with Crippen molar-refractivity contribution in [1.82, 2.24) is 0 Å². The maximum atomic E-state index is 12.0. The van der Waals surface area contributed by atoms with Crippen molar-refractivity contribution in [3.8, 4) is 11.5 Å². The van der Waals surface area contributed by atoms with Gasteiger partial charge in [-0.25, -0.2) is 8.42 Å². The van der Waals surface area contributed by atoms with Gasteiger partial charge in [-0.2, -0.15) is 0 Å². The Balaban J connectivity index is 2.21. The van der Waals surface area contributed by atoms with Crippen molar-refractivity contribution in [1.29, 1.82) is 0 Å². The van der Waals surface area contributed by atoms with Gasteiger partial charge < -0.3 is 10.2 Å². The van der Waals surface area contributed by atoms with Gasteiger partial charge in [-0.3, -0.25) is 4.79 Å². The number of ketones is 1. The minimum Gasteiger partial charge on any atom is -0.508 e. The first-order valence-corrected chi connectivity index (χ1v) is 8.21. The van der Waals surface area contributed by atoms with Crippen LogP contribution in [0.5, 0.6) is 11.5 Å². The third kappa shape index (κ3) is 3.73. The SMILES string of the molecule is CS(=O)(=O)c1ccc(C=CC(=O)c2cc(O)ccc2O)cc1. The lowest BCUT2D eigenvalue weighted by Gasteiger charge is -2.01. The van der Waals surface area contributed by atoms with Crippen LogP contribution in [0.4, 0.5) is 0 Å². The molecule has 2 aromatic rings. The lowest BCUT2D eigenvalue weighted by atomic mass is 10.1. The number of sulfone groups is 1. The van der Waals surface area contributed by atoms with Crippen LogP contribution in [0.3, 0.4) is 0 Å². The maximum absolute atomic E-state index is 12.0. The molecule has 0 aromatic heterocycles. The minimum atomic E-state index is -3.26. The normalized spacial score (nSPS) is 11.7. The van der Waals surface area contributed by atoms with Gasteiger partial charge in [0.1, 0.15) is 11.5 Å². The maximum Gasteiger partial charge on any atom is 0.189 e. The van der Waals surface area contributed by atoms with Gasteiger partial charge >= 0.3 is 0 Å². The van der Waals surface area contributed by atoms with Crippen LogP contribution in [0.15, 0.2) is 53.4 Å². The van der Waals surface area contributed by atoms with E-state index in [1.807, 2.05) is 0 Å². The van der Waals surface area contributed by atoms with Crippen LogP contribution in [0.1, 0.15) is 15.9 Å². The van der Waals surface area contributed by atoms with E-state index < -0.39 is 15.6 Å². The summed E-state index contributed by atoms with van der Waals surface area (Å²) in [4.78, 5) is 12.2. The van der Waals surface area contributed by atoms with Crippen LogP contribution in [0.25, 0.3) is 6.08 Å². The van der Waals surface area contributed by atoms with Gasteiger partial charge in [0.25, 0.3) is 0 Å². The summed E-state index contributed by atoms with van der Waals surface area (Å²) in [6.45, 7) is 0. The van der Waals surface area contributed by atoms with E-state index in [1.165, 1.54) is 42.5 Å². The van der Waals surface area contributed by atoms with Crippen LogP contribution >= 0.6 is 0 Å². The number of phenolic OH excluding ortho intramolecular Hbond substituents is 2. The van der Waals surface area contributed by atoms with Gasteiger partial charge in [-0.05, 0) is 42.0 Å². The Morgan fingerprint density at radius 1 is 1.05 bits per heavy atom. The fourth-order valence-corrected chi connectivity index (χ4v) is 2.44. The quantitative estimate of drug-likeness (QED) is 0.513. The van der Waals surface area contributed by atoms with Gasteiger partial charge in [0, 0.05) is 6.26 Å². The molecule has 0 saturated heterocycles. The van der Waals surface area contributed by atoms with E-state index >= 15 is 0 Å². The zero-order valence-corrected chi connectivity index (χ0v) is 12.5. The Hall–Kier alpha value is -2.60. The van der Waals surface area contributed by atoms with E-state index in [0.29, 0.717) is 5.56 Å². The van der Waals surface area contributed by atoms with Crippen molar-refractivity contribution < 1.29 is 23.4 Å². The first-order valence-electron chi connectivity index (χ1n) is 6.32. The highest BCUT2D eigenvalue weighted by atomic mass is 32.2. The van der Waals surface area contributed by atoms with Crippen LogP contribution in [0.2, 0.25) is 0 Å². The van der Waals surface area contributed by atoms with Crippen LogP contribution < -0.4 is 0 Å². The fourth-order valence-electron chi connectivity index (χ4n) is 1.81. The Morgan fingerprint density at radius 2 is 1.68 bits per heavy atom. The van der Waals surface area contributed by atoms with Crippen molar-refractivity contribution in [2.75, 3.05) is 6.26 Å². The first-order chi connectivity index (χ1) is 10.3. The van der Waals surface area contributed by atoms with E-state index in [1.54, 1.807) is 12.1 Å². The molecule has 0 unspecified atom stereocenters. The number of phenols is 2.